The average Bonchev–Trinajstić information content (AvgIpc) is 3.02. The number of fused-ring (bicyclic) bond motifs is 5. The number of carbonyl (C=O) groups is 1. The second-order valence-corrected chi connectivity index (χ2v) is 12.6. The molecule has 4 aliphatic rings. The van der Waals surface area contributed by atoms with E-state index in [4.69, 9.17) is 0 Å². The fraction of sp³-hybridized carbons (Fsp3) is 0.821. The Morgan fingerprint density at radius 1 is 0.909 bits per heavy atom. The van der Waals surface area contributed by atoms with E-state index in [-0.39, 0.29) is 18.3 Å². The summed E-state index contributed by atoms with van der Waals surface area (Å²) in [6.45, 7) is 12.8. The van der Waals surface area contributed by atoms with Crippen LogP contribution in [-0.4, -0.2) is 49.1 Å². The molecular formula is C28H44O5. The van der Waals surface area contributed by atoms with Crippen LogP contribution in [0.5, 0.6) is 0 Å². The Kier molecular flexibility index (Phi) is 5.89. The molecule has 5 heteroatoms. The van der Waals surface area contributed by atoms with Crippen LogP contribution in [0, 0.1) is 34.5 Å². The zero-order chi connectivity index (χ0) is 24.6. The Morgan fingerprint density at radius 2 is 1.58 bits per heavy atom. The molecule has 4 aliphatic carbocycles. The normalized spacial score (nSPS) is 49.4. The van der Waals surface area contributed by atoms with E-state index in [0.717, 1.165) is 6.42 Å². The maximum Gasteiger partial charge on any atom is 0.188 e. The van der Waals surface area contributed by atoms with Crippen molar-refractivity contribution in [1.29, 1.82) is 0 Å². The molecule has 0 saturated heterocycles. The highest BCUT2D eigenvalue weighted by molar-refractivity contribution is 6.00. The Hall–Kier alpha value is -1.01. The minimum absolute atomic E-state index is 0.0669. The molecule has 0 aromatic heterocycles. The van der Waals surface area contributed by atoms with Gasteiger partial charge in [-0.15, -0.1) is 0 Å². The molecule has 0 aromatic rings. The molecule has 186 valence electrons. The molecule has 0 heterocycles. The van der Waals surface area contributed by atoms with Crippen LogP contribution >= 0.6 is 0 Å². The van der Waals surface area contributed by atoms with Crippen molar-refractivity contribution in [2.24, 2.45) is 34.5 Å². The zero-order valence-electron chi connectivity index (χ0n) is 21.3. The molecule has 4 rings (SSSR count). The average molecular weight is 461 g/mol. The van der Waals surface area contributed by atoms with Crippen molar-refractivity contribution in [3.05, 3.63) is 23.8 Å². The maximum absolute atomic E-state index is 13.3. The summed E-state index contributed by atoms with van der Waals surface area (Å²) in [5, 5.41) is 46.1. The van der Waals surface area contributed by atoms with E-state index in [2.05, 4.69) is 46.8 Å². The topological polar surface area (TPSA) is 98.0 Å². The molecule has 0 spiro atoms. The lowest BCUT2D eigenvalue weighted by molar-refractivity contribution is -0.237. The SMILES string of the molecule is CC(C)[C@@H](C)C=C[C@@H](C)[C@H]1CC[C@]2(O)C3=CC(=O)[C@@]4(O)C[C@@H](O)CC[C@]4(C)[C@@]3(O)CC[C@]12C. The number of ketones is 1. The summed E-state index contributed by atoms with van der Waals surface area (Å²) < 4.78 is 0. The molecule has 0 radical (unpaired) electrons. The first-order valence-corrected chi connectivity index (χ1v) is 13.0. The number of aliphatic hydroxyl groups is 4. The first-order chi connectivity index (χ1) is 15.2. The van der Waals surface area contributed by atoms with Crippen molar-refractivity contribution in [3.8, 4) is 0 Å². The molecule has 5 nitrogen and oxygen atoms in total. The smallest absolute Gasteiger partial charge is 0.188 e. The van der Waals surface area contributed by atoms with Gasteiger partial charge in [0.25, 0.3) is 0 Å². The van der Waals surface area contributed by atoms with Gasteiger partial charge in [-0.2, -0.15) is 0 Å². The van der Waals surface area contributed by atoms with Gasteiger partial charge < -0.3 is 20.4 Å². The lowest BCUT2D eigenvalue weighted by Gasteiger charge is -2.65. The van der Waals surface area contributed by atoms with E-state index in [1.54, 1.807) is 6.92 Å². The van der Waals surface area contributed by atoms with Gasteiger partial charge in [-0.05, 0) is 73.8 Å². The van der Waals surface area contributed by atoms with Gasteiger partial charge in [0.1, 0.15) is 5.60 Å². The highest BCUT2D eigenvalue weighted by atomic mass is 16.3. The van der Waals surface area contributed by atoms with Crippen molar-refractivity contribution in [1.82, 2.24) is 0 Å². The number of hydrogen-bond acceptors (Lipinski definition) is 5. The van der Waals surface area contributed by atoms with Gasteiger partial charge in [0.2, 0.25) is 0 Å². The van der Waals surface area contributed by atoms with Crippen LogP contribution in [0.2, 0.25) is 0 Å². The Bertz CT molecular complexity index is 878. The molecule has 0 aliphatic heterocycles. The third-order valence-electron chi connectivity index (χ3n) is 10.9. The van der Waals surface area contributed by atoms with Gasteiger partial charge >= 0.3 is 0 Å². The highest BCUT2D eigenvalue weighted by Crippen LogP contribution is 2.70. The molecule has 0 aromatic carbocycles. The molecule has 4 N–H and O–H groups in total. The molecule has 3 fully saturated rings. The largest absolute Gasteiger partial charge is 0.393 e. The first kappa shape index (κ1) is 25.1. The minimum atomic E-state index is -1.81. The molecule has 3 saturated carbocycles. The monoisotopic (exact) mass is 460 g/mol. The van der Waals surface area contributed by atoms with Crippen LogP contribution < -0.4 is 0 Å². The second kappa shape index (κ2) is 7.74. The summed E-state index contributed by atoms with van der Waals surface area (Å²) in [5.74, 6) is 1.08. The van der Waals surface area contributed by atoms with E-state index in [9.17, 15) is 25.2 Å². The van der Waals surface area contributed by atoms with Crippen LogP contribution in [0.1, 0.15) is 86.5 Å². The third-order valence-corrected chi connectivity index (χ3v) is 10.9. The Labute approximate surface area is 199 Å². The van der Waals surface area contributed by atoms with Crippen molar-refractivity contribution in [2.45, 2.75) is 109 Å². The predicted octanol–water partition coefficient (Wildman–Crippen LogP) is 3.93. The summed E-state index contributed by atoms with van der Waals surface area (Å²) in [6.07, 6.45) is 8.21. The molecule has 0 unspecified atom stereocenters. The first-order valence-electron chi connectivity index (χ1n) is 13.0. The van der Waals surface area contributed by atoms with Gasteiger partial charge in [0.05, 0.1) is 17.3 Å². The molecule has 9 atom stereocenters. The molecule has 33 heavy (non-hydrogen) atoms. The van der Waals surface area contributed by atoms with E-state index in [1.807, 2.05) is 0 Å². The van der Waals surface area contributed by atoms with E-state index in [1.165, 1.54) is 6.08 Å². The summed E-state index contributed by atoms with van der Waals surface area (Å²) >= 11 is 0. The van der Waals surface area contributed by atoms with Crippen LogP contribution in [0.4, 0.5) is 0 Å². The van der Waals surface area contributed by atoms with Gasteiger partial charge in [0.15, 0.2) is 5.78 Å². The van der Waals surface area contributed by atoms with E-state index in [0.29, 0.717) is 49.5 Å². The fourth-order valence-electron chi connectivity index (χ4n) is 7.89. The summed E-state index contributed by atoms with van der Waals surface area (Å²) in [4.78, 5) is 13.3. The van der Waals surface area contributed by atoms with E-state index < -0.39 is 39.5 Å². The lowest BCUT2D eigenvalue weighted by atomic mass is 9.42. The Balaban J connectivity index is 1.73. The number of carbonyl (C=O) groups excluding carboxylic acids is 1. The van der Waals surface area contributed by atoms with Crippen LogP contribution in [0.3, 0.4) is 0 Å². The summed E-state index contributed by atoms with van der Waals surface area (Å²) in [5.41, 5.74) is -5.75. The second-order valence-electron chi connectivity index (χ2n) is 12.6. The van der Waals surface area contributed by atoms with Crippen molar-refractivity contribution in [2.75, 3.05) is 0 Å². The Morgan fingerprint density at radius 3 is 2.21 bits per heavy atom. The minimum Gasteiger partial charge on any atom is -0.393 e. The number of aliphatic hydroxyl groups excluding tert-OH is 1. The third kappa shape index (κ3) is 3.15. The summed E-state index contributed by atoms with van der Waals surface area (Å²) in [7, 11) is 0. The van der Waals surface area contributed by atoms with Gasteiger partial charge in [-0.3, -0.25) is 4.79 Å². The van der Waals surface area contributed by atoms with Crippen molar-refractivity contribution >= 4 is 5.78 Å². The standard InChI is InChI=1S/C28H44O5/c1-17(2)18(3)7-8-19(4)21-10-12-26(31)22-15-23(30)28(33)16-20(29)9-11-25(28,6)27(22,32)14-13-24(21,26)5/h7-8,15,17-21,29,31-33H,9-14,16H2,1-6H3/t18-,19+,20-,21+,24+,25+,26-,27+,28-/m0/s1. The van der Waals surface area contributed by atoms with Gasteiger partial charge in [0, 0.05) is 17.3 Å². The summed E-state index contributed by atoms with van der Waals surface area (Å²) in [6, 6.07) is 0. The fourth-order valence-corrected chi connectivity index (χ4v) is 7.89. The number of rotatable bonds is 4. The van der Waals surface area contributed by atoms with Crippen molar-refractivity contribution in [3.63, 3.8) is 0 Å². The molecular weight excluding hydrogens is 416 g/mol. The zero-order valence-corrected chi connectivity index (χ0v) is 21.3. The van der Waals surface area contributed by atoms with Crippen LogP contribution in [0.15, 0.2) is 23.8 Å². The lowest BCUT2D eigenvalue weighted by Crippen LogP contribution is -2.74. The predicted molar refractivity (Wildman–Crippen MR) is 128 cm³/mol. The van der Waals surface area contributed by atoms with Gasteiger partial charge in [-0.1, -0.05) is 53.7 Å². The van der Waals surface area contributed by atoms with E-state index >= 15 is 0 Å². The van der Waals surface area contributed by atoms with Crippen LogP contribution in [0.25, 0.3) is 0 Å². The van der Waals surface area contributed by atoms with Crippen molar-refractivity contribution < 1.29 is 25.2 Å². The van der Waals surface area contributed by atoms with Crippen LogP contribution in [-0.2, 0) is 4.79 Å². The number of hydrogen-bond donors (Lipinski definition) is 4. The number of allylic oxidation sites excluding steroid dienone is 2. The molecule has 0 amide bonds. The highest BCUT2D eigenvalue weighted by Gasteiger charge is 2.74. The quantitative estimate of drug-likeness (QED) is 0.477. The van der Waals surface area contributed by atoms with Gasteiger partial charge in [-0.25, -0.2) is 0 Å². The molecule has 0 bridgehead atoms. The maximum atomic E-state index is 13.3.